The Morgan fingerprint density at radius 1 is 1.29 bits per heavy atom. The van der Waals surface area contributed by atoms with Gasteiger partial charge in [0.25, 0.3) is 5.91 Å². The maximum absolute atomic E-state index is 13.4. The van der Waals surface area contributed by atoms with Crippen LogP contribution in [0.1, 0.15) is 17.9 Å². The Labute approximate surface area is 163 Å². The fourth-order valence-corrected chi connectivity index (χ4v) is 4.58. The molecule has 4 rings (SSSR count). The lowest BCUT2D eigenvalue weighted by Gasteiger charge is -2.27. The van der Waals surface area contributed by atoms with E-state index < -0.39 is 17.5 Å². The molecule has 3 heterocycles. The van der Waals surface area contributed by atoms with Crippen molar-refractivity contribution in [1.29, 1.82) is 0 Å². The number of nitrogens with one attached hydrogen (secondary N) is 1. The molecule has 0 saturated carbocycles. The fraction of sp³-hybridized carbons (Fsp3) is 0.450. The largest absolute Gasteiger partial charge is 0.469 e. The molecule has 2 aliphatic rings. The second-order valence-electron chi connectivity index (χ2n) is 7.65. The third-order valence-corrected chi connectivity index (χ3v) is 5.88. The highest BCUT2D eigenvalue weighted by molar-refractivity contribution is 6.08. The van der Waals surface area contributed by atoms with Gasteiger partial charge in [-0.25, -0.2) is 4.79 Å². The Morgan fingerprint density at radius 3 is 2.79 bits per heavy atom. The van der Waals surface area contributed by atoms with Crippen molar-refractivity contribution >= 4 is 28.8 Å². The second-order valence-corrected chi connectivity index (χ2v) is 7.65. The van der Waals surface area contributed by atoms with Crippen LogP contribution in [-0.4, -0.2) is 71.6 Å². The highest BCUT2D eigenvalue weighted by Gasteiger charge is 2.60. The van der Waals surface area contributed by atoms with E-state index in [1.54, 1.807) is 0 Å². The van der Waals surface area contributed by atoms with E-state index in [4.69, 9.17) is 0 Å². The number of hydrogen-bond donors (Lipinski definition) is 1. The molecule has 1 N–H and O–H groups in total. The van der Waals surface area contributed by atoms with Gasteiger partial charge in [-0.1, -0.05) is 18.2 Å². The molecule has 2 fully saturated rings. The highest BCUT2D eigenvalue weighted by Crippen LogP contribution is 2.42. The molecule has 1 aromatic carbocycles. The number of imide groups is 1. The number of fused-ring (bicyclic) bond motifs is 1. The average molecular weight is 384 g/mol. The van der Waals surface area contributed by atoms with Crippen molar-refractivity contribution in [3.63, 3.8) is 0 Å². The lowest BCUT2D eigenvalue weighted by Crippen LogP contribution is -2.52. The van der Waals surface area contributed by atoms with Gasteiger partial charge >= 0.3 is 12.0 Å². The van der Waals surface area contributed by atoms with Crippen LogP contribution in [0.2, 0.25) is 0 Å². The van der Waals surface area contributed by atoms with Gasteiger partial charge in [0.2, 0.25) is 0 Å². The van der Waals surface area contributed by atoms with Gasteiger partial charge < -0.3 is 19.5 Å². The second kappa shape index (κ2) is 6.63. The number of likely N-dealkylation sites (N-methyl/N-ethyl adjacent to an activating group) is 1. The number of nitrogens with zero attached hydrogens (tertiary/aromatic N) is 3. The summed E-state index contributed by atoms with van der Waals surface area (Å²) >= 11 is 0. The molecule has 2 atom stereocenters. The molecule has 8 nitrogen and oxygen atoms in total. The number of methoxy groups -OCH3 is 1. The maximum Gasteiger partial charge on any atom is 0.325 e. The van der Waals surface area contributed by atoms with E-state index in [1.807, 2.05) is 49.1 Å². The molecule has 1 spiro atoms. The lowest BCUT2D eigenvalue weighted by molar-refractivity contribution is -0.141. The summed E-state index contributed by atoms with van der Waals surface area (Å²) in [6.45, 7) is 1.11. The molecule has 2 saturated heterocycles. The number of esters is 1. The SMILES string of the molecule is COC(=O)CCN1C(=O)N[C@]2(CN(C)C[C@@H]2c2cn(C)c3ccccc23)C1=O. The summed E-state index contributed by atoms with van der Waals surface area (Å²) in [5.74, 6) is -0.900. The van der Waals surface area contributed by atoms with Gasteiger partial charge in [0.15, 0.2) is 0 Å². The standard InChI is InChI=1S/C20H24N4O4/c1-22-11-15(14-10-23(2)16-7-5-4-6-13(14)16)20(12-22)18(26)24(19(27)21-20)9-8-17(25)28-3/h4-7,10,15H,8-9,11-12H2,1-3H3,(H,21,27)/t15-,20+/m1/s1. The van der Waals surface area contributed by atoms with Crippen molar-refractivity contribution in [2.45, 2.75) is 17.9 Å². The summed E-state index contributed by atoms with van der Waals surface area (Å²) < 4.78 is 6.68. The average Bonchev–Trinajstić information content (AvgIpc) is 3.26. The Hall–Kier alpha value is -2.87. The molecule has 28 heavy (non-hydrogen) atoms. The van der Waals surface area contributed by atoms with Gasteiger partial charge in [0.05, 0.1) is 13.5 Å². The Bertz CT molecular complexity index is 968. The van der Waals surface area contributed by atoms with Crippen LogP contribution in [-0.2, 0) is 21.4 Å². The predicted octanol–water partition coefficient (Wildman–Crippen LogP) is 1.06. The highest BCUT2D eigenvalue weighted by atomic mass is 16.5. The van der Waals surface area contributed by atoms with Crippen LogP contribution >= 0.6 is 0 Å². The van der Waals surface area contributed by atoms with Crippen molar-refractivity contribution in [3.05, 3.63) is 36.0 Å². The van der Waals surface area contributed by atoms with Gasteiger partial charge in [-0.3, -0.25) is 14.5 Å². The van der Waals surface area contributed by atoms with Crippen LogP contribution in [0.25, 0.3) is 10.9 Å². The van der Waals surface area contributed by atoms with Gasteiger partial charge in [-0.15, -0.1) is 0 Å². The normalized spacial score (nSPS) is 25.1. The molecule has 8 heteroatoms. The zero-order valence-electron chi connectivity index (χ0n) is 16.3. The first-order chi connectivity index (χ1) is 13.4. The quantitative estimate of drug-likeness (QED) is 0.630. The molecule has 0 unspecified atom stereocenters. The molecule has 2 aliphatic heterocycles. The van der Waals surface area contributed by atoms with Crippen molar-refractivity contribution in [3.8, 4) is 0 Å². The van der Waals surface area contributed by atoms with Crippen molar-refractivity contribution < 1.29 is 19.1 Å². The first-order valence-corrected chi connectivity index (χ1v) is 9.31. The van der Waals surface area contributed by atoms with Crippen molar-refractivity contribution in [1.82, 2.24) is 19.7 Å². The summed E-state index contributed by atoms with van der Waals surface area (Å²) in [5.41, 5.74) is 1.11. The minimum atomic E-state index is -1.02. The number of rotatable bonds is 4. The summed E-state index contributed by atoms with van der Waals surface area (Å²) in [5, 5.41) is 4.04. The van der Waals surface area contributed by atoms with Crippen molar-refractivity contribution in [2.75, 3.05) is 33.8 Å². The first kappa shape index (κ1) is 18.5. The molecule has 1 aromatic heterocycles. The number of ether oxygens (including phenoxy) is 1. The van der Waals surface area contributed by atoms with Crippen LogP contribution in [0.3, 0.4) is 0 Å². The Kier molecular flexibility index (Phi) is 4.38. The molecular weight excluding hydrogens is 360 g/mol. The number of hydrogen-bond acceptors (Lipinski definition) is 5. The maximum atomic E-state index is 13.4. The van der Waals surface area contributed by atoms with Gasteiger partial charge in [0.1, 0.15) is 5.54 Å². The molecule has 148 valence electrons. The third-order valence-electron chi connectivity index (χ3n) is 5.88. The van der Waals surface area contributed by atoms with Crippen molar-refractivity contribution in [2.24, 2.45) is 7.05 Å². The Balaban J connectivity index is 1.72. The first-order valence-electron chi connectivity index (χ1n) is 9.31. The van der Waals surface area contributed by atoms with Crippen LogP contribution in [0.4, 0.5) is 4.79 Å². The number of amides is 3. The predicted molar refractivity (Wildman–Crippen MR) is 103 cm³/mol. The monoisotopic (exact) mass is 384 g/mol. The third kappa shape index (κ3) is 2.67. The van der Waals surface area contributed by atoms with Crippen LogP contribution in [0.5, 0.6) is 0 Å². The van der Waals surface area contributed by atoms with E-state index in [9.17, 15) is 14.4 Å². The summed E-state index contributed by atoms with van der Waals surface area (Å²) in [6.07, 6.45) is 2.04. The van der Waals surface area contributed by atoms with Gasteiger partial charge in [0, 0.05) is 49.7 Å². The van der Waals surface area contributed by atoms with E-state index in [0.717, 1.165) is 21.4 Å². The molecule has 0 radical (unpaired) electrons. The molecular formula is C20H24N4O4. The number of carbonyl (C=O) groups excluding carboxylic acids is 3. The number of aryl methyl sites for hydroxylation is 1. The minimum absolute atomic E-state index is 0.0134. The minimum Gasteiger partial charge on any atom is -0.469 e. The lowest BCUT2D eigenvalue weighted by atomic mass is 9.81. The van der Waals surface area contributed by atoms with E-state index in [0.29, 0.717) is 13.1 Å². The van der Waals surface area contributed by atoms with E-state index in [2.05, 4.69) is 15.0 Å². The molecule has 3 amide bonds. The van der Waals surface area contributed by atoms with E-state index in [1.165, 1.54) is 7.11 Å². The summed E-state index contributed by atoms with van der Waals surface area (Å²) in [4.78, 5) is 40.7. The zero-order chi connectivity index (χ0) is 20.1. The number of aromatic nitrogens is 1. The van der Waals surface area contributed by atoms with E-state index >= 15 is 0 Å². The number of para-hydroxylation sites is 1. The number of likely N-dealkylation sites (tertiary alicyclic amines) is 1. The molecule has 2 aromatic rings. The molecule has 0 aliphatic carbocycles. The van der Waals surface area contributed by atoms with Crippen LogP contribution in [0.15, 0.2) is 30.5 Å². The number of benzene rings is 1. The number of carbonyl (C=O) groups is 3. The van der Waals surface area contributed by atoms with Crippen LogP contribution < -0.4 is 5.32 Å². The smallest absolute Gasteiger partial charge is 0.325 e. The number of urea groups is 1. The van der Waals surface area contributed by atoms with E-state index in [-0.39, 0.29) is 24.8 Å². The van der Waals surface area contributed by atoms with Gasteiger partial charge in [-0.05, 0) is 18.7 Å². The zero-order valence-corrected chi connectivity index (χ0v) is 16.3. The fourth-order valence-electron chi connectivity index (χ4n) is 4.58. The molecule has 0 bridgehead atoms. The summed E-state index contributed by atoms with van der Waals surface area (Å²) in [7, 11) is 5.22. The topological polar surface area (TPSA) is 83.9 Å². The summed E-state index contributed by atoms with van der Waals surface area (Å²) in [6, 6.07) is 7.61. The van der Waals surface area contributed by atoms with Gasteiger partial charge in [-0.2, -0.15) is 0 Å². The Morgan fingerprint density at radius 2 is 2.04 bits per heavy atom. The van der Waals surface area contributed by atoms with Crippen LogP contribution in [0, 0.1) is 0 Å².